The van der Waals surface area contributed by atoms with Gasteiger partial charge in [0.2, 0.25) is 5.91 Å². The molecular weight excluding hydrogens is 236 g/mol. The summed E-state index contributed by atoms with van der Waals surface area (Å²) in [6, 6.07) is 0.429. The molecule has 0 aromatic heterocycles. The fourth-order valence-electron chi connectivity index (χ4n) is 4.43. The highest BCUT2D eigenvalue weighted by Gasteiger charge is 2.52. The molecule has 1 aliphatic carbocycles. The lowest BCUT2D eigenvalue weighted by Crippen LogP contribution is -2.48. The summed E-state index contributed by atoms with van der Waals surface area (Å²) in [5.41, 5.74) is 6.15. The van der Waals surface area contributed by atoms with E-state index in [1.54, 1.807) is 0 Å². The van der Waals surface area contributed by atoms with Crippen LogP contribution in [0.4, 0.5) is 0 Å². The number of carbonyl (C=O) groups excluding carboxylic acids is 1. The van der Waals surface area contributed by atoms with Gasteiger partial charge < -0.3 is 10.6 Å². The van der Waals surface area contributed by atoms with Crippen molar-refractivity contribution in [2.24, 2.45) is 22.0 Å². The van der Waals surface area contributed by atoms with Gasteiger partial charge >= 0.3 is 0 Å². The molecule has 2 bridgehead atoms. The Morgan fingerprint density at radius 2 is 2.00 bits per heavy atom. The molecule has 1 amide bonds. The zero-order valence-corrected chi connectivity index (χ0v) is 13.3. The maximum atomic E-state index is 12.9. The highest BCUT2D eigenvalue weighted by molar-refractivity contribution is 5.83. The third kappa shape index (κ3) is 2.54. The summed E-state index contributed by atoms with van der Waals surface area (Å²) in [6.07, 6.45) is 4.36. The van der Waals surface area contributed by atoms with Crippen molar-refractivity contribution in [3.05, 3.63) is 0 Å². The molecular formula is C16H30N2O. The molecule has 1 aliphatic heterocycles. The number of hydrogen-bond donors (Lipinski definition) is 1. The zero-order chi connectivity index (χ0) is 14.5. The van der Waals surface area contributed by atoms with Crippen molar-refractivity contribution in [1.82, 2.24) is 4.90 Å². The Labute approximate surface area is 117 Å². The van der Waals surface area contributed by atoms with E-state index in [-0.39, 0.29) is 11.3 Å². The molecule has 2 fully saturated rings. The van der Waals surface area contributed by atoms with Gasteiger partial charge in [0.15, 0.2) is 0 Å². The second-order valence-corrected chi connectivity index (χ2v) is 8.27. The molecule has 3 atom stereocenters. The Hall–Kier alpha value is -0.570. The second-order valence-electron chi connectivity index (χ2n) is 8.27. The van der Waals surface area contributed by atoms with Crippen molar-refractivity contribution in [3.63, 3.8) is 0 Å². The van der Waals surface area contributed by atoms with Crippen LogP contribution in [0, 0.1) is 16.2 Å². The SMILES string of the molecule is CCC(C)(CN)C(=O)N1CC2(C)CC1CC(C)(C)C2. The fourth-order valence-corrected chi connectivity index (χ4v) is 4.43. The molecule has 2 aliphatic rings. The van der Waals surface area contributed by atoms with E-state index in [4.69, 9.17) is 5.73 Å². The summed E-state index contributed by atoms with van der Waals surface area (Å²) in [5, 5.41) is 0. The first-order valence-electron chi connectivity index (χ1n) is 7.66. The van der Waals surface area contributed by atoms with Crippen molar-refractivity contribution in [3.8, 4) is 0 Å². The van der Waals surface area contributed by atoms with E-state index >= 15 is 0 Å². The van der Waals surface area contributed by atoms with Crippen molar-refractivity contribution < 1.29 is 4.79 Å². The number of rotatable bonds is 3. The van der Waals surface area contributed by atoms with Crippen LogP contribution in [-0.4, -0.2) is 29.9 Å². The molecule has 0 aromatic carbocycles. The first kappa shape index (κ1) is 14.8. The number of nitrogens with zero attached hydrogens (tertiary/aromatic N) is 1. The summed E-state index contributed by atoms with van der Waals surface area (Å²) in [7, 11) is 0. The van der Waals surface area contributed by atoms with Crippen LogP contribution in [-0.2, 0) is 4.79 Å². The van der Waals surface area contributed by atoms with Gasteiger partial charge in [-0.2, -0.15) is 0 Å². The Balaban J connectivity index is 2.22. The van der Waals surface area contributed by atoms with Crippen molar-refractivity contribution in [1.29, 1.82) is 0 Å². The number of amides is 1. The average molecular weight is 266 g/mol. The second kappa shape index (κ2) is 4.47. The summed E-state index contributed by atoms with van der Waals surface area (Å²) in [4.78, 5) is 15.0. The van der Waals surface area contributed by atoms with E-state index in [2.05, 4.69) is 32.6 Å². The highest BCUT2D eigenvalue weighted by Crippen LogP contribution is 2.53. The van der Waals surface area contributed by atoms with Crippen LogP contribution in [0.2, 0.25) is 0 Å². The monoisotopic (exact) mass is 266 g/mol. The minimum atomic E-state index is -0.377. The quantitative estimate of drug-likeness (QED) is 0.854. The van der Waals surface area contributed by atoms with Crippen LogP contribution < -0.4 is 5.73 Å². The topological polar surface area (TPSA) is 46.3 Å². The normalized spacial score (nSPS) is 36.1. The van der Waals surface area contributed by atoms with E-state index in [9.17, 15) is 4.79 Å². The van der Waals surface area contributed by atoms with E-state index in [1.165, 1.54) is 12.8 Å². The summed E-state index contributed by atoms with van der Waals surface area (Å²) < 4.78 is 0. The Morgan fingerprint density at radius 1 is 1.37 bits per heavy atom. The molecule has 3 unspecified atom stereocenters. The van der Waals surface area contributed by atoms with Crippen LogP contribution in [0.3, 0.4) is 0 Å². The number of nitrogens with two attached hydrogens (primary N) is 1. The molecule has 1 heterocycles. The van der Waals surface area contributed by atoms with Gasteiger partial charge in [-0.25, -0.2) is 0 Å². The first-order valence-corrected chi connectivity index (χ1v) is 7.66. The van der Waals surface area contributed by atoms with Gasteiger partial charge in [-0.3, -0.25) is 4.79 Å². The van der Waals surface area contributed by atoms with Gasteiger partial charge in [0.25, 0.3) is 0 Å². The molecule has 110 valence electrons. The molecule has 3 nitrogen and oxygen atoms in total. The van der Waals surface area contributed by atoms with Crippen LogP contribution >= 0.6 is 0 Å². The highest BCUT2D eigenvalue weighted by atomic mass is 16.2. The van der Waals surface area contributed by atoms with E-state index < -0.39 is 0 Å². The zero-order valence-electron chi connectivity index (χ0n) is 13.3. The Kier molecular flexibility index (Phi) is 3.49. The summed E-state index contributed by atoms with van der Waals surface area (Å²) in [6.45, 7) is 12.5. The van der Waals surface area contributed by atoms with Gasteiger partial charge in [0, 0.05) is 19.1 Å². The summed E-state index contributed by atoms with van der Waals surface area (Å²) in [5.74, 6) is 0.281. The smallest absolute Gasteiger partial charge is 0.230 e. The largest absolute Gasteiger partial charge is 0.339 e. The Morgan fingerprint density at radius 3 is 2.53 bits per heavy atom. The van der Waals surface area contributed by atoms with E-state index in [0.29, 0.717) is 23.4 Å². The molecule has 3 heteroatoms. The number of likely N-dealkylation sites (tertiary alicyclic amines) is 1. The fraction of sp³-hybridized carbons (Fsp3) is 0.938. The lowest BCUT2D eigenvalue weighted by atomic mass is 9.65. The van der Waals surface area contributed by atoms with Gasteiger partial charge in [-0.05, 0) is 43.4 Å². The molecule has 2 N–H and O–H groups in total. The predicted molar refractivity (Wildman–Crippen MR) is 78.7 cm³/mol. The number of hydrogen-bond acceptors (Lipinski definition) is 2. The third-order valence-electron chi connectivity index (χ3n) is 5.42. The minimum absolute atomic E-state index is 0.281. The molecule has 0 radical (unpaired) electrons. The van der Waals surface area contributed by atoms with E-state index in [0.717, 1.165) is 19.4 Å². The molecule has 19 heavy (non-hydrogen) atoms. The van der Waals surface area contributed by atoms with Crippen molar-refractivity contribution in [2.45, 2.75) is 66.3 Å². The Bertz CT molecular complexity index is 373. The molecule has 0 aromatic rings. The standard InChI is InChI=1S/C16H30N2O/c1-6-16(5,10-17)13(19)18-11-15(4)8-12(18)7-14(2,3)9-15/h12H,6-11,17H2,1-5H3. The maximum absolute atomic E-state index is 12.9. The minimum Gasteiger partial charge on any atom is -0.339 e. The van der Waals surface area contributed by atoms with Crippen LogP contribution in [0.5, 0.6) is 0 Å². The lowest BCUT2D eigenvalue weighted by molar-refractivity contribution is -0.142. The van der Waals surface area contributed by atoms with Crippen molar-refractivity contribution >= 4 is 5.91 Å². The van der Waals surface area contributed by atoms with Crippen LogP contribution in [0.1, 0.15) is 60.3 Å². The first-order chi connectivity index (χ1) is 8.65. The van der Waals surface area contributed by atoms with Crippen molar-refractivity contribution in [2.75, 3.05) is 13.1 Å². The molecule has 0 spiro atoms. The van der Waals surface area contributed by atoms with Gasteiger partial charge in [-0.1, -0.05) is 27.7 Å². The van der Waals surface area contributed by atoms with Gasteiger partial charge in [0.1, 0.15) is 0 Å². The summed E-state index contributed by atoms with van der Waals surface area (Å²) >= 11 is 0. The molecule has 2 rings (SSSR count). The lowest BCUT2D eigenvalue weighted by Gasteiger charge is -2.40. The third-order valence-corrected chi connectivity index (χ3v) is 5.42. The molecule has 1 saturated heterocycles. The molecule has 1 saturated carbocycles. The van der Waals surface area contributed by atoms with Gasteiger partial charge in [-0.15, -0.1) is 0 Å². The number of carbonyl (C=O) groups is 1. The van der Waals surface area contributed by atoms with Crippen LogP contribution in [0.15, 0.2) is 0 Å². The maximum Gasteiger partial charge on any atom is 0.230 e. The predicted octanol–water partition coefficient (Wildman–Crippen LogP) is 2.79. The van der Waals surface area contributed by atoms with Gasteiger partial charge in [0.05, 0.1) is 5.41 Å². The average Bonchev–Trinajstić information content (AvgIpc) is 2.56. The van der Waals surface area contributed by atoms with E-state index in [1.807, 2.05) is 6.92 Å². The number of fused-ring (bicyclic) bond motifs is 2. The van der Waals surface area contributed by atoms with Crippen LogP contribution in [0.25, 0.3) is 0 Å².